The van der Waals surface area contributed by atoms with E-state index in [2.05, 4.69) is 22.0 Å². The number of hydrogen-bond donors (Lipinski definition) is 0. The monoisotopic (exact) mass is 539 g/mol. The van der Waals surface area contributed by atoms with E-state index < -0.39 is 5.97 Å². The highest BCUT2D eigenvalue weighted by molar-refractivity contribution is 9.10. The molecular formula is C30H22BrNO4. The van der Waals surface area contributed by atoms with E-state index in [0.717, 1.165) is 43.4 Å². The summed E-state index contributed by atoms with van der Waals surface area (Å²) in [5.74, 6) is 1.51. The fourth-order valence-electron chi connectivity index (χ4n) is 3.78. The summed E-state index contributed by atoms with van der Waals surface area (Å²) < 4.78 is 17.8. The van der Waals surface area contributed by atoms with Gasteiger partial charge in [0.25, 0.3) is 0 Å². The molecule has 0 saturated heterocycles. The van der Waals surface area contributed by atoms with Crippen LogP contribution >= 0.6 is 15.9 Å². The van der Waals surface area contributed by atoms with Crippen molar-refractivity contribution in [3.05, 3.63) is 118 Å². The average molecular weight is 540 g/mol. The SMILES string of the molecule is COc1ccc(-c2cc(=Nc3ccc(OC(=O)c4cccc(Br)c4)cc3)c3cc(C)ccc3o2)cc1. The molecule has 6 heteroatoms. The number of ether oxygens (including phenoxy) is 2. The van der Waals surface area contributed by atoms with Gasteiger partial charge in [-0.1, -0.05) is 33.6 Å². The average Bonchev–Trinajstić information content (AvgIpc) is 2.90. The van der Waals surface area contributed by atoms with Crippen LogP contribution in [-0.2, 0) is 0 Å². The molecule has 5 aromatic rings. The molecule has 5 nitrogen and oxygen atoms in total. The smallest absolute Gasteiger partial charge is 0.343 e. The fraction of sp³-hybridized carbons (Fsp3) is 0.0667. The van der Waals surface area contributed by atoms with Gasteiger partial charge in [-0.15, -0.1) is 0 Å². The standard InChI is InChI=1S/C30H22BrNO4/c1-19-6-15-28-26(16-19)27(18-29(36-28)20-7-11-24(34-2)12-8-20)32-23-9-13-25(14-10-23)35-30(33)21-4-3-5-22(31)17-21/h3-18H,1-2H3. The normalized spacial score (nSPS) is 11.5. The maximum atomic E-state index is 12.4. The fourth-order valence-corrected chi connectivity index (χ4v) is 4.18. The Morgan fingerprint density at radius 2 is 1.61 bits per heavy atom. The van der Waals surface area contributed by atoms with Gasteiger partial charge >= 0.3 is 5.97 Å². The summed E-state index contributed by atoms with van der Waals surface area (Å²) in [6.07, 6.45) is 0. The molecule has 0 unspecified atom stereocenters. The zero-order valence-electron chi connectivity index (χ0n) is 19.7. The van der Waals surface area contributed by atoms with Crippen LogP contribution in [0.5, 0.6) is 11.5 Å². The molecule has 0 atom stereocenters. The Morgan fingerprint density at radius 1 is 0.861 bits per heavy atom. The number of carbonyl (C=O) groups excluding carboxylic acids is 1. The van der Waals surface area contributed by atoms with Crippen LogP contribution in [0.1, 0.15) is 15.9 Å². The topological polar surface area (TPSA) is 61.0 Å². The van der Waals surface area contributed by atoms with Gasteiger partial charge in [-0.25, -0.2) is 9.79 Å². The molecule has 0 N–H and O–H groups in total. The molecule has 5 rings (SSSR count). The van der Waals surface area contributed by atoms with E-state index in [1.165, 1.54) is 0 Å². The van der Waals surface area contributed by atoms with Crippen LogP contribution in [0.4, 0.5) is 5.69 Å². The van der Waals surface area contributed by atoms with Crippen molar-refractivity contribution in [2.45, 2.75) is 6.92 Å². The molecule has 36 heavy (non-hydrogen) atoms. The third kappa shape index (κ3) is 5.24. The Balaban J connectivity index is 1.50. The van der Waals surface area contributed by atoms with Crippen molar-refractivity contribution in [3.63, 3.8) is 0 Å². The number of fused-ring (bicyclic) bond motifs is 1. The molecule has 1 heterocycles. The molecule has 0 spiro atoms. The van der Waals surface area contributed by atoms with Gasteiger partial charge in [0.15, 0.2) is 0 Å². The molecule has 0 fully saturated rings. The van der Waals surface area contributed by atoms with Crippen molar-refractivity contribution >= 4 is 38.6 Å². The highest BCUT2D eigenvalue weighted by Crippen LogP contribution is 2.26. The third-order valence-electron chi connectivity index (χ3n) is 5.63. The van der Waals surface area contributed by atoms with E-state index in [1.54, 1.807) is 37.4 Å². The molecule has 0 amide bonds. The van der Waals surface area contributed by atoms with E-state index in [4.69, 9.17) is 18.9 Å². The van der Waals surface area contributed by atoms with Gasteiger partial charge in [0.1, 0.15) is 22.8 Å². The number of esters is 1. The third-order valence-corrected chi connectivity index (χ3v) is 6.12. The molecule has 0 aliphatic heterocycles. The van der Waals surface area contributed by atoms with Crippen molar-refractivity contribution in [3.8, 4) is 22.8 Å². The van der Waals surface area contributed by atoms with Gasteiger partial charge in [-0.05, 0) is 85.8 Å². The molecule has 0 radical (unpaired) electrons. The molecule has 0 bridgehead atoms. The minimum Gasteiger partial charge on any atom is -0.497 e. The lowest BCUT2D eigenvalue weighted by Gasteiger charge is -2.07. The van der Waals surface area contributed by atoms with Crippen LogP contribution in [-0.4, -0.2) is 13.1 Å². The minimum absolute atomic E-state index is 0.420. The predicted molar refractivity (Wildman–Crippen MR) is 144 cm³/mol. The van der Waals surface area contributed by atoms with Crippen LogP contribution in [0.2, 0.25) is 0 Å². The van der Waals surface area contributed by atoms with Crippen LogP contribution in [0.25, 0.3) is 22.3 Å². The highest BCUT2D eigenvalue weighted by atomic mass is 79.9. The molecule has 0 aliphatic carbocycles. The van der Waals surface area contributed by atoms with Crippen molar-refractivity contribution < 1.29 is 18.7 Å². The number of nitrogens with zero attached hydrogens (tertiary/aromatic N) is 1. The van der Waals surface area contributed by atoms with E-state index in [-0.39, 0.29) is 0 Å². The predicted octanol–water partition coefficient (Wildman–Crippen LogP) is 7.63. The maximum absolute atomic E-state index is 12.4. The van der Waals surface area contributed by atoms with E-state index in [0.29, 0.717) is 17.1 Å². The Hall–Kier alpha value is -4.16. The summed E-state index contributed by atoms with van der Waals surface area (Å²) in [7, 11) is 1.64. The number of rotatable bonds is 5. The number of aryl methyl sites for hydroxylation is 1. The summed E-state index contributed by atoms with van der Waals surface area (Å²) in [6, 6.07) is 29.9. The van der Waals surface area contributed by atoms with Crippen molar-refractivity contribution in [2.24, 2.45) is 4.99 Å². The first-order valence-corrected chi connectivity index (χ1v) is 12.1. The lowest BCUT2D eigenvalue weighted by molar-refractivity contribution is 0.0734. The van der Waals surface area contributed by atoms with E-state index in [1.807, 2.05) is 67.6 Å². The zero-order chi connectivity index (χ0) is 25.1. The van der Waals surface area contributed by atoms with Crippen LogP contribution < -0.4 is 14.8 Å². The summed E-state index contributed by atoms with van der Waals surface area (Å²) in [6.45, 7) is 2.04. The van der Waals surface area contributed by atoms with Gasteiger partial charge in [0.05, 0.1) is 23.7 Å². The zero-order valence-corrected chi connectivity index (χ0v) is 21.3. The maximum Gasteiger partial charge on any atom is 0.343 e. The molecule has 0 saturated carbocycles. The van der Waals surface area contributed by atoms with E-state index in [9.17, 15) is 4.79 Å². The summed E-state index contributed by atoms with van der Waals surface area (Å²) in [5, 5.41) is 1.70. The number of benzene rings is 4. The second-order valence-electron chi connectivity index (χ2n) is 8.23. The molecule has 178 valence electrons. The van der Waals surface area contributed by atoms with Crippen molar-refractivity contribution in [1.29, 1.82) is 0 Å². The first-order valence-electron chi connectivity index (χ1n) is 11.3. The van der Waals surface area contributed by atoms with Gasteiger partial charge in [-0.2, -0.15) is 0 Å². The Labute approximate surface area is 216 Å². The molecule has 1 aromatic heterocycles. The highest BCUT2D eigenvalue weighted by Gasteiger charge is 2.10. The summed E-state index contributed by atoms with van der Waals surface area (Å²) in [4.78, 5) is 17.3. The van der Waals surface area contributed by atoms with Crippen LogP contribution in [0, 0.1) is 6.92 Å². The Kier molecular flexibility index (Phi) is 6.69. The second-order valence-corrected chi connectivity index (χ2v) is 9.15. The largest absolute Gasteiger partial charge is 0.497 e. The van der Waals surface area contributed by atoms with Gasteiger partial charge in [0.2, 0.25) is 0 Å². The van der Waals surface area contributed by atoms with E-state index >= 15 is 0 Å². The molecular weight excluding hydrogens is 518 g/mol. The van der Waals surface area contributed by atoms with Gasteiger partial charge in [0, 0.05) is 21.5 Å². The number of methoxy groups -OCH3 is 1. The van der Waals surface area contributed by atoms with Crippen LogP contribution in [0.3, 0.4) is 0 Å². The molecule has 0 aliphatic rings. The number of halogens is 1. The Bertz CT molecular complexity index is 1620. The summed E-state index contributed by atoms with van der Waals surface area (Å²) in [5.41, 5.74) is 3.98. The van der Waals surface area contributed by atoms with Crippen molar-refractivity contribution in [2.75, 3.05) is 7.11 Å². The van der Waals surface area contributed by atoms with Gasteiger partial charge in [-0.3, -0.25) is 0 Å². The first kappa shape index (κ1) is 23.6. The molecule has 4 aromatic carbocycles. The number of carbonyl (C=O) groups is 1. The lowest BCUT2D eigenvalue weighted by atomic mass is 10.1. The summed E-state index contributed by atoms with van der Waals surface area (Å²) >= 11 is 3.37. The van der Waals surface area contributed by atoms with Crippen LogP contribution in [0.15, 0.2) is 111 Å². The number of hydrogen-bond acceptors (Lipinski definition) is 5. The Morgan fingerprint density at radius 3 is 2.33 bits per heavy atom. The van der Waals surface area contributed by atoms with Crippen molar-refractivity contribution in [1.82, 2.24) is 0 Å². The lowest BCUT2D eigenvalue weighted by Crippen LogP contribution is -2.08. The second kappa shape index (κ2) is 10.2. The quantitative estimate of drug-likeness (QED) is 0.170. The first-order chi connectivity index (χ1) is 17.5. The minimum atomic E-state index is -0.420. The van der Waals surface area contributed by atoms with Gasteiger partial charge < -0.3 is 13.9 Å².